The number of hydrazone groups is 1. The molecule has 0 saturated carbocycles. The van der Waals surface area contributed by atoms with Gasteiger partial charge in [0.15, 0.2) is 17.6 Å². The fourth-order valence-electron chi connectivity index (χ4n) is 2.68. The Morgan fingerprint density at radius 1 is 1.03 bits per heavy atom. The number of carbonyl (C=O) groups excluding carboxylic acids is 1. The van der Waals surface area contributed by atoms with Gasteiger partial charge in [0.1, 0.15) is 12.4 Å². The molecular formula is C24H22Cl2N2O4. The summed E-state index contributed by atoms with van der Waals surface area (Å²) in [4.78, 5) is 12.2. The first-order chi connectivity index (χ1) is 15.4. The molecule has 3 aromatic carbocycles. The van der Waals surface area contributed by atoms with Gasteiger partial charge >= 0.3 is 0 Å². The number of carbonyl (C=O) groups is 1. The van der Waals surface area contributed by atoms with E-state index in [0.717, 1.165) is 11.1 Å². The number of hydrogen-bond acceptors (Lipinski definition) is 5. The van der Waals surface area contributed by atoms with Crippen molar-refractivity contribution in [2.45, 2.75) is 19.6 Å². The number of hydrogen-bond donors (Lipinski definition) is 1. The van der Waals surface area contributed by atoms with Gasteiger partial charge in [-0.15, -0.1) is 0 Å². The molecule has 0 aliphatic heterocycles. The Bertz CT molecular complexity index is 1090. The molecule has 32 heavy (non-hydrogen) atoms. The van der Waals surface area contributed by atoms with Crippen molar-refractivity contribution in [2.24, 2.45) is 5.10 Å². The summed E-state index contributed by atoms with van der Waals surface area (Å²) in [6.45, 7) is 2.00. The fourth-order valence-corrected chi connectivity index (χ4v) is 2.99. The van der Waals surface area contributed by atoms with Crippen molar-refractivity contribution in [3.63, 3.8) is 0 Å². The van der Waals surface area contributed by atoms with Crippen molar-refractivity contribution >= 4 is 35.3 Å². The summed E-state index contributed by atoms with van der Waals surface area (Å²) < 4.78 is 16.8. The summed E-state index contributed by atoms with van der Waals surface area (Å²) in [7, 11) is 1.56. The Morgan fingerprint density at radius 2 is 1.81 bits per heavy atom. The number of nitrogens with one attached hydrogen (secondary N) is 1. The average molecular weight is 473 g/mol. The van der Waals surface area contributed by atoms with E-state index in [2.05, 4.69) is 10.5 Å². The fraction of sp³-hybridized carbons (Fsp3) is 0.167. The van der Waals surface area contributed by atoms with Crippen molar-refractivity contribution in [1.82, 2.24) is 5.43 Å². The highest BCUT2D eigenvalue weighted by atomic mass is 35.5. The van der Waals surface area contributed by atoms with Gasteiger partial charge in [-0.1, -0.05) is 41.4 Å². The second-order valence-corrected chi connectivity index (χ2v) is 7.65. The van der Waals surface area contributed by atoms with Crippen molar-refractivity contribution in [3.8, 4) is 17.2 Å². The topological polar surface area (TPSA) is 69.2 Å². The minimum Gasteiger partial charge on any atom is -0.493 e. The zero-order valence-electron chi connectivity index (χ0n) is 17.5. The lowest BCUT2D eigenvalue weighted by Gasteiger charge is -2.13. The Hall–Kier alpha value is -3.22. The second-order valence-electron chi connectivity index (χ2n) is 6.78. The minimum atomic E-state index is -0.746. The maximum absolute atomic E-state index is 12.2. The van der Waals surface area contributed by atoms with Crippen LogP contribution in [0.2, 0.25) is 10.0 Å². The molecule has 1 atom stereocenters. The van der Waals surface area contributed by atoms with Gasteiger partial charge in [-0.25, -0.2) is 5.43 Å². The molecule has 8 heteroatoms. The third kappa shape index (κ3) is 6.90. The van der Waals surface area contributed by atoms with Crippen molar-refractivity contribution < 1.29 is 19.0 Å². The molecule has 1 N–H and O–H groups in total. The Morgan fingerprint density at radius 3 is 2.53 bits per heavy atom. The van der Waals surface area contributed by atoms with E-state index in [9.17, 15) is 4.79 Å². The van der Waals surface area contributed by atoms with E-state index >= 15 is 0 Å². The number of benzene rings is 3. The van der Waals surface area contributed by atoms with E-state index in [1.54, 1.807) is 56.5 Å². The lowest BCUT2D eigenvalue weighted by atomic mass is 10.2. The van der Waals surface area contributed by atoms with Crippen LogP contribution >= 0.6 is 23.2 Å². The second kappa shape index (κ2) is 11.4. The summed E-state index contributed by atoms with van der Waals surface area (Å²) in [5.74, 6) is 1.25. The molecule has 0 unspecified atom stereocenters. The number of halogens is 2. The van der Waals surface area contributed by atoms with Gasteiger partial charge in [-0.3, -0.25) is 4.79 Å². The molecule has 0 radical (unpaired) electrons. The highest BCUT2D eigenvalue weighted by Gasteiger charge is 2.14. The minimum absolute atomic E-state index is 0.377. The van der Waals surface area contributed by atoms with Gasteiger partial charge in [-0.2, -0.15) is 5.10 Å². The monoisotopic (exact) mass is 472 g/mol. The van der Waals surface area contributed by atoms with Crippen molar-refractivity contribution in [2.75, 3.05) is 7.11 Å². The Labute approximate surface area is 196 Å². The first-order valence-corrected chi connectivity index (χ1v) is 10.5. The summed E-state index contributed by atoms with van der Waals surface area (Å²) in [6.07, 6.45) is 0.763. The zero-order valence-corrected chi connectivity index (χ0v) is 19.1. The Balaban J connectivity index is 1.55. The number of nitrogens with zero attached hydrogens (tertiary/aromatic N) is 1. The van der Waals surface area contributed by atoms with E-state index < -0.39 is 12.0 Å². The predicted octanol–water partition coefficient (Wildman–Crippen LogP) is 5.50. The third-order valence-electron chi connectivity index (χ3n) is 4.36. The van der Waals surface area contributed by atoms with Crippen LogP contribution in [0.25, 0.3) is 0 Å². The van der Waals surface area contributed by atoms with Crippen LogP contribution in [0.3, 0.4) is 0 Å². The van der Waals surface area contributed by atoms with Crippen molar-refractivity contribution in [1.29, 1.82) is 0 Å². The molecule has 0 spiro atoms. The SMILES string of the molecule is COc1cc(/C=N\NC(=O)[C@@H](C)Oc2cccc(Cl)c2)ccc1OCc1ccc(Cl)cc1. The highest BCUT2D eigenvalue weighted by Crippen LogP contribution is 2.28. The molecule has 0 heterocycles. The van der Waals surface area contributed by atoms with Crippen LogP contribution in [0.15, 0.2) is 71.8 Å². The van der Waals surface area contributed by atoms with Gasteiger partial charge in [-0.05, 0) is 66.6 Å². The van der Waals surface area contributed by atoms with Crippen molar-refractivity contribution in [3.05, 3.63) is 87.9 Å². The third-order valence-corrected chi connectivity index (χ3v) is 4.85. The van der Waals surface area contributed by atoms with Crippen LogP contribution < -0.4 is 19.6 Å². The predicted molar refractivity (Wildman–Crippen MR) is 126 cm³/mol. The number of methoxy groups -OCH3 is 1. The summed E-state index contributed by atoms with van der Waals surface area (Å²) in [5, 5.41) is 5.19. The summed E-state index contributed by atoms with van der Waals surface area (Å²) >= 11 is 11.8. The molecule has 0 saturated heterocycles. The maximum Gasteiger partial charge on any atom is 0.280 e. The van der Waals surface area contributed by atoms with Gasteiger partial charge in [0, 0.05) is 10.0 Å². The van der Waals surface area contributed by atoms with E-state index in [0.29, 0.717) is 33.9 Å². The molecule has 0 aliphatic carbocycles. The lowest BCUT2D eigenvalue weighted by molar-refractivity contribution is -0.127. The molecule has 0 fully saturated rings. The first-order valence-electron chi connectivity index (χ1n) is 9.75. The maximum atomic E-state index is 12.2. The standard InChI is InChI=1S/C24H22Cl2N2O4/c1-16(32-21-5-3-4-20(26)13-21)24(29)28-27-14-18-8-11-22(23(12-18)30-2)31-15-17-6-9-19(25)10-7-17/h3-14,16H,15H2,1-2H3,(H,28,29)/b27-14-/t16-/m1/s1. The molecular weight excluding hydrogens is 451 g/mol. The number of amides is 1. The highest BCUT2D eigenvalue weighted by molar-refractivity contribution is 6.30. The molecule has 166 valence electrons. The quantitative estimate of drug-likeness (QED) is 0.329. The molecule has 3 rings (SSSR count). The number of ether oxygens (including phenoxy) is 3. The Kier molecular flexibility index (Phi) is 8.36. The van der Waals surface area contributed by atoms with Gasteiger partial charge < -0.3 is 14.2 Å². The summed E-state index contributed by atoms with van der Waals surface area (Å²) in [5.41, 5.74) is 4.17. The van der Waals surface area contributed by atoms with Crippen LogP contribution in [0.4, 0.5) is 0 Å². The van der Waals surface area contributed by atoms with E-state index in [1.807, 2.05) is 24.3 Å². The molecule has 1 amide bonds. The molecule has 0 bridgehead atoms. The van der Waals surface area contributed by atoms with Crippen LogP contribution in [0, 0.1) is 0 Å². The summed E-state index contributed by atoms with van der Waals surface area (Å²) in [6, 6.07) is 19.6. The molecule has 0 aliphatic rings. The lowest BCUT2D eigenvalue weighted by Crippen LogP contribution is -2.33. The average Bonchev–Trinajstić information content (AvgIpc) is 2.79. The van der Waals surface area contributed by atoms with E-state index in [-0.39, 0.29) is 0 Å². The van der Waals surface area contributed by atoms with Gasteiger partial charge in [0.2, 0.25) is 0 Å². The van der Waals surface area contributed by atoms with Crippen LogP contribution in [-0.4, -0.2) is 25.3 Å². The largest absolute Gasteiger partial charge is 0.493 e. The van der Waals surface area contributed by atoms with Gasteiger partial charge in [0.05, 0.1) is 13.3 Å². The van der Waals surface area contributed by atoms with E-state index in [4.69, 9.17) is 37.4 Å². The van der Waals surface area contributed by atoms with Crippen LogP contribution in [-0.2, 0) is 11.4 Å². The molecule has 0 aromatic heterocycles. The molecule has 6 nitrogen and oxygen atoms in total. The van der Waals surface area contributed by atoms with Gasteiger partial charge in [0.25, 0.3) is 5.91 Å². The van der Waals surface area contributed by atoms with E-state index in [1.165, 1.54) is 6.21 Å². The van der Waals surface area contributed by atoms with Crippen LogP contribution in [0.1, 0.15) is 18.1 Å². The smallest absolute Gasteiger partial charge is 0.280 e. The first kappa shape index (κ1) is 23.4. The molecule has 3 aromatic rings. The zero-order chi connectivity index (χ0) is 22.9. The normalized spacial score (nSPS) is 11.8. The van der Waals surface area contributed by atoms with Crippen LogP contribution in [0.5, 0.6) is 17.2 Å². The number of rotatable bonds is 9.